The quantitative estimate of drug-likeness (QED) is 0.659. The summed E-state index contributed by atoms with van der Waals surface area (Å²) in [7, 11) is -1.17. The van der Waals surface area contributed by atoms with Crippen LogP contribution in [0.2, 0.25) is 25.7 Å². The first-order valence-corrected chi connectivity index (χ1v) is 10.9. The third-order valence-electron chi connectivity index (χ3n) is 3.39. The highest BCUT2D eigenvalue weighted by atomic mass is 28.3. The molecule has 3 amide bonds. The van der Waals surface area contributed by atoms with Gasteiger partial charge in [0.05, 0.1) is 5.69 Å². The highest BCUT2D eigenvalue weighted by Gasteiger charge is 2.32. The van der Waals surface area contributed by atoms with Gasteiger partial charge in [0, 0.05) is 20.9 Å². The van der Waals surface area contributed by atoms with Crippen LogP contribution in [0, 0.1) is 0 Å². The molecule has 0 fully saturated rings. The second-order valence-electron chi connectivity index (χ2n) is 6.44. The van der Waals surface area contributed by atoms with Crippen LogP contribution < -0.4 is 15.5 Å². The maximum atomic E-state index is 12.2. The van der Waals surface area contributed by atoms with Gasteiger partial charge in [-0.25, -0.2) is 9.78 Å². The molecule has 0 aliphatic carbocycles. The lowest BCUT2D eigenvalue weighted by Crippen LogP contribution is -2.51. The fraction of sp³-hybridized carbons (Fsp3) is 0.500. The molecule has 0 aromatic carbocycles. The fourth-order valence-electron chi connectivity index (χ4n) is 2.10. The van der Waals surface area contributed by atoms with Gasteiger partial charge in [-0.05, 0) is 18.2 Å². The minimum Gasteiger partial charge on any atom is -0.361 e. The van der Waals surface area contributed by atoms with Crippen LogP contribution in [0.3, 0.4) is 0 Å². The molecule has 2 heterocycles. The van der Waals surface area contributed by atoms with Crippen molar-refractivity contribution in [3.63, 3.8) is 0 Å². The van der Waals surface area contributed by atoms with E-state index in [1.165, 1.54) is 9.80 Å². The van der Waals surface area contributed by atoms with Gasteiger partial charge in [-0.3, -0.25) is 14.6 Å². The van der Waals surface area contributed by atoms with Crippen molar-refractivity contribution in [3.8, 4) is 0 Å². The molecule has 7 nitrogen and oxygen atoms in total. The molecule has 0 atom stereocenters. The van der Waals surface area contributed by atoms with Crippen molar-refractivity contribution in [2.45, 2.75) is 25.7 Å². The Balaban J connectivity index is 2.10. The van der Waals surface area contributed by atoms with Crippen LogP contribution in [0.4, 0.5) is 16.3 Å². The molecule has 2 N–H and O–H groups in total. The first-order chi connectivity index (χ1) is 10.3. The number of hydrogen-bond acceptors (Lipinski definition) is 4. The summed E-state index contributed by atoms with van der Waals surface area (Å²) in [5.41, 5.74) is 5.86. The molecule has 0 bridgehead atoms. The largest absolute Gasteiger partial charge is 0.361 e. The SMILES string of the molecule is C[Si](C)(C)CCOCN1C(=O)CN(C(N)=O)c2ncccc21. The van der Waals surface area contributed by atoms with Crippen LogP contribution in [-0.2, 0) is 9.53 Å². The summed E-state index contributed by atoms with van der Waals surface area (Å²) in [6.45, 7) is 7.48. The van der Waals surface area contributed by atoms with Gasteiger partial charge in [0.1, 0.15) is 13.3 Å². The van der Waals surface area contributed by atoms with E-state index in [0.717, 1.165) is 6.04 Å². The molecule has 0 saturated carbocycles. The zero-order valence-electron chi connectivity index (χ0n) is 13.2. The minimum absolute atomic E-state index is 0.114. The second-order valence-corrected chi connectivity index (χ2v) is 12.1. The summed E-state index contributed by atoms with van der Waals surface area (Å²) in [4.78, 5) is 30.5. The van der Waals surface area contributed by atoms with Gasteiger partial charge >= 0.3 is 6.03 Å². The molecule has 2 rings (SSSR count). The number of amides is 3. The standard InChI is InChI=1S/C14H22N4O3Si/c1-22(2,3)8-7-21-10-18-11-5-4-6-16-13(11)17(14(15)20)9-12(18)19/h4-6H,7-10H2,1-3H3,(H2,15,20). The first-order valence-electron chi connectivity index (χ1n) is 7.20. The molecule has 22 heavy (non-hydrogen) atoms. The summed E-state index contributed by atoms with van der Waals surface area (Å²) >= 11 is 0. The highest BCUT2D eigenvalue weighted by Crippen LogP contribution is 2.30. The van der Waals surface area contributed by atoms with E-state index in [1.807, 2.05) is 0 Å². The van der Waals surface area contributed by atoms with Gasteiger partial charge in [-0.2, -0.15) is 0 Å². The Kier molecular flexibility index (Phi) is 4.82. The van der Waals surface area contributed by atoms with E-state index >= 15 is 0 Å². The lowest BCUT2D eigenvalue weighted by atomic mass is 10.2. The van der Waals surface area contributed by atoms with Crippen LogP contribution in [0.25, 0.3) is 0 Å². The third kappa shape index (κ3) is 3.83. The molecule has 1 aliphatic heterocycles. The summed E-state index contributed by atoms with van der Waals surface area (Å²) in [5.74, 6) is 0.163. The Morgan fingerprint density at radius 2 is 2.18 bits per heavy atom. The molecule has 1 aliphatic rings. The number of fused-ring (bicyclic) bond motifs is 1. The predicted octanol–water partition coefficient (Wildman–Crippen LogP) is 1.63. The number of primary amides is 1. The smallest absolute Gasteiger partial charge is 0.320 e. The number of nitrogens with two attached hydrogens (primary N) is 1. The maximum absolute atomic E-state index is 12.2. The lowest BCUT2D eigenvalue weighted by Gasteiger charge is -2.34. The number of pyridine rings is 1. The highest BCUT2D eigenvalue weighted by molar-refractivity contribution is 6.76. The molecule has 1 aromatic heterocycles. The van der Waals surface area contributed by atoms with Gasteiger partial charge in [-0.1, -0.05) is 19.6 Å². The number of aromatic nitrogens is 1. The molecular weight excluding hydrogens is 300 g/mol. The van der Waals surface area contributed by atoms with E-state index in [4.69, 9.17) is 10.5 Å². The second kappa shape index (κ2) is 6.45. The number of hydrogen-bond donors (Lipinski definition) is 1. The summed E-state index contributed by atoms with van der Waals surface area (Å²) in [5, 5.41) is 0. The van der Waals surface area contributed by atoms with Crippen LogP contribution in [-0.4, -0.2) is 44.9 Å². The fourth-order valence-corrected chi connectivity index (χ4v) is 2.85. The molecule has 8 heteroatoms. The Labute approximate surface area is 131 Å². The summed E-state index contributed by atoms with van der Waals surface area (Å²) in [6.07, 6.45) is 1.56. The number of nitrogens with zero attached hydrogens (tertiary/aromatic N) is 3. The van der Waals surface area contributed by atoms with Crippen LogP contribution in [0.15, 0.2) is 18.3 Å². The van der Waals surface area contributed by atoms with E-state index in [0.29, 0.717) is 18.1 Å². The van der Waals surface area contributed by atoms with Crippen LogP contribution >= 0.6 is 0 Å². The first kappa shape index (κ1) is 16.4. The number of ether oxygens (including phenoxy) is 1. The molecule has 0 saturated heterocycles. The summed E-state index contributed by atoms with van der Waals surface area (Å²) in [6, 6.07) is 3.79. The zero-order chi connectivity index (χ0) is 16.3. The molecule has 1 aromatic rings. The predicted molar refractivity (Wildman–Crippen MR) is 87.6 cm³/mol. The number of carbonyl (C=O) groups is 2. The average Bonchev–Trinajstić information content (AvgIpc) is 2.43. The van der Waals surface area contributed by atoms with Gasteiger partial charge < -0.3 is 10.5 Å². The van der Waals surface area contributed by atoms with Crippen molar-refractivity contribution in [1.82, 2.24) is 4.98 Å². The molecule has 0 unspecified atom stereocenters. The van der Waals surface area contributed by atoms with Crippen molar-refractivity contribution in [2.75, 3.05) is 29.7 Å². The Morgan fingerprint density at radius 3 is 2.82 bits per heavy atom. The lowest BCUT2D eigenvalue weighted by molar-refractivity contribution is -0.118. The van der Waals surface area contributed by atoms with Crippen LogP contribution in [0.1, 0.15) is 0 Å². The van der Waals surface area contributed by atoms with Crippen molar-refractivity contribution >= 4 is 31.5 Å². The molecule has 0 radical (unpaired) electrons. The average molecular weight is 322 g/mol. The van der Waals surface area contributed by atoms with Gasteiger partial charge in [0.25, 0.3) is 0 Å². The normalized spacial score (nSPS) is 15.0. The van der Waals surface area contributed by atoms with Crippen molar-refractivity contribution < 1.29 is 14.3 Å². The van der Waals surface area contributed by atoms with Crippen molar-refractivity contribution in [3.05, 3.63) is 18.3 Å². The topological polar surface area (TPSA) is 88.8 Å². The third-order valence-corrected chi connectivity index (χ3v) is 5.09. The monoisotopic (exact) mass is 322 g/mol. The molecule has 0 spiro atoms. The Morgan fingerprint density at radius 1 is 1.45 bits per heavy atom. The molecule has 120 valence electrons. The minimum atomic E-state index is -1.17. The number of rotatable bonds is 5. The van der Waals surface area contributed by atoms with E-state index in [1.54, 1.807) is 18.3 Å². The van der Waals surface area contributed by atoms with Gasteiger partial charge in [0.2, 0.25) is 5.91 Å². The van der Waals surface area contributed by atoms with E-state index in [2.05, 4.69) is 24.6 Å². The Bertz CT molecular complexity index is 573. The number of anilines is 2. The Hall–Kier alpha value is -1.93. The van der Waals surface area contributed by atoms with E-state index in [-0.39, 0.29) is 19.2 Å². The number of carbonyl (C=O) groups excluding carboxylic acids is 2. The molecular formula is C14H22N4O3Si. The zero-order valence-corrected chi connectivity index (χ0v) is 14.2. The van der Waals surface area contributed by atoms with E-state index in [9.17, 15) is 9.59 Å². The maximum Gasteiger partial charge on any atom is 0.320 e. The van der Waals surface area contributed by atoms with Gasteiger partial charge in [-0.15, -0.1) is 0 Å². The van der Waals surface area contributed by atoms with Crippen LogP contribution in [0.5, 0.6) is 0 Å². The van der Waals surface area contributed by atoms with E-state index < -0.39 is 14.1 Å². The van der Waals surface area contributed by atoms with Crippen molar-refractivity contribution in [1.29, 1.82) is 0 Å². The van der Waals surface area contributed by atoms with Crippen molar-refractivity contribution in [2.24, 2.45) is 5.73 Å². The summed E-state index contributed by atoms with van der Waals surface area (Å²) < 4.78 is 5.65. The number of urea groups is 1. The van der Waals surface area contributed by atoms with Gasteiger partial charge in [0.15, 0.2) is 5.82 Å².